The predicted octanol–water partition coefficient (Wildman–Crippen LogP) is 2.98. The van der Waals surface area contributed by atoms with E-state index in [1.165, 1.54) is 0 Å². The molecule has 0 N–H and O–H groups in total. The van der Waals surface area contributed by atoms with Gasteiger partial charge in [0.15, 0.2) is 11.6 Å². The SMILES string of the molecule is COC1CCN(C(=O)c2cc(F)c(F)cc2Br)CC1. The maximum atomic E-state index is 13.2. The van der Waals surface area contributed by atoms with Gasteiger partial charge in [0, 0.05) is 24.7 Å². The van der Waals surface area contributed by atoms with Gasteiger partial charge in [-0.15, -0.1) is 0 Å². The fourth-order valence-corrected chi connectivity index (χ4v) is 2.64. The Morgan fingerprint density at radius 3 is 2.47 bits per heavy atom. The number of methoxy groups -OCH3 is 1. The summed E-state index contributed by atoms with van der Waals surface area (Å²) >= 11 is 3.10. The summed E-state index contributed by atoms with van der Waals surface area (Å²) in [5.74, 6) is -2.28. The van der Waals surface area contributed by atoms with Gasteiger partial charge in [0.2, 0.25) is 0 Å². The molecule has 0 atom stereocenters. The van der Waals surface area contributed by atoms with Gasteiger partial charge in [-0.2, -0.15) is 0 Å². The average molecular weight is 334 g/mol. The Balaban J connectivity index is 2.14. The van der Waals surface area contributed by atoms with Crippen molar-refractivity contribution in [3.8, 4) is 0 Å². The van der Waals surface area contributed by atoms with Crippen LogP contribution in [0.5, 0.6) is 0 Å². The van der Waals surface area contributed by atoms with E-state index in [1.807, 2.05) is 0 Å². The maximum absolute atomic E-state index is 13.2. The summed E-state index contributed by atoms with van der Waals surface area (Å²) in [5.41, 5.74) is 0.148. The van der Waals surface area contributed by atoms with Crippen LogP contribution in [0.3, 0.4) is 0 Å². The molecule has 0 unspecified atom stereocenters. The normalized spacial score (nSPS) is 16.7. The molecule has 0 aliphatic carbocycles. The monoisotopic (exact) mass is 333 g/mol. The first-order chi connectivity index (χ1) is 9.02. The molecule has 1 amide bonds. The van der Waals surface area contributed by atoms with Crippen molar-refractivity contribution in [3.63, 3.8) is 0 Å². The molecule has 0 saturated carbocycles. The molecule has 6 heteroatoms. The van der Waals surface area contributed by atoms with E-state index in [2.05, 4.69) is 15.9 Å². The van der Waals surface area contributed by atoms with E-state index in [1.54, 1.807) is 12.0 Å². The van der Waals surface area contributed by atoms with E-state index >= 15 is 0 Å². The highest BCUT2D eigenvalue weighted by Crippen LogP contribution is 2.24. The van der Waals surface area contributed by atoms with Gasteiger partial charge in [0.05, 0.1) is 11.7 Å². The van der Waals surface area contributed by atoms with Crippen LogP contribution in [-0.4, -0.2) is 37.1 Å². The van der Waals surface area contributed by atoms with Crippen LogP contribution in [0.25, 0.3) is 0 Å². The maximum Gasteiger partial charge on any atom is 0.255 e. The second-order valence-electron chi connectivity index (χ2n) is 4.47. The van der Waals surface area contributed by atoms with Gasteiger partial charge >= 0.3 is 0 Å². The van der Waals surface area contributed by atoms with E-state index in [0.717, 1.165) is 25.0 Å². The van der Waals surface area contributed by atoms with Gasteiger partial charge in [-0.05, 0) is 40.9 Å². The van der Waals surface area contributed by atoms with Gasteiger partial charge in [0.25, 0.3) is 5.91 Å². The molecule has 3 nitrogen and oxygen atoms in total. The fraction of sp³-hybridized carbons (Fsp3) is 0.462. The topological polar surface area (TPSA) is 29.5 Å². The van der Waals surface area contributed by atoms with Crippen LogP contribution in [0, 0.1) is 11.6 Å². The lowest BCUT2D eigenvalue weighted by Gasteiger charge is -2.31. The Labute approximate surface area is 118 Å². The Morgan fingerprint density at radius 2 is 1.89 bits per heavy atom. The third-order valence-electron chi connectivity index (χ3n) is 3.30. The molecule has 1 aliphatic rings. The molecular weight excluding hydrogens is 320 g/mol. The number of amides is 1. The number of nitrogens with zero attached hydrogens (tertiary/aromatic N) is 1. The first-order valence-corrected chi connectivity index (χ1v) is 6.79. The number of carbonyl (C=O) groups excluding carboxylic acids is 1. The van der Waals surface area contributed by atoms with Gasteiger partial charge < -0.3 is 9.64 Å². The molecule has 1 saturated heterocycles. The van der Waals surface area contributed by atoms with Crippen molar-refractivity contribution in [2.75, 3.05) is 20.2 Å². The summed E-state index contributed by atoms with van der Waals surface area (Å²) in [6.45, 7) is 1.12. The number of hydrogen-bond donors (Lipinski definition) is 0. The molecule has 0 aromatic heterocycles. The van der Waals surface area contributed by atoms with Crippen molar-refractivity contribution < 1.29 is 18.3 Å². The van der Waals surface area contributed by atoms with Gasteiger partial charge in [0.1, 0.15) is 0 Å². The molecule has 1 aromatic carbocycles. The molecule has 19 heavy (non-hydrogen) atoms. The zero-order valence-electron chi connectivity index (χ0n) is 10.5. The molecule has 0 bridgehead atoms. The Bertz CT molecular complexity index is 488. The van der Waals surface area contributed by atoms with Crippen molar-refractivity contribution in [3.05, 3.63) is 33.8 Å². The number of carbonyl (C=O) groups is 1. The number of hydrogen-bond acceptors (Lipinski definition) is 2. The van der Waals surface area contributed by atoms with Gasteiger partial charge in [-0.1, -0.05) is 0 Å². The Kier molecular flexibility index (Phi) is 4.52. The minimum absolute atomic E-state index is 0.148. The fourth-order valence-electron chi connectivity index (χ4n) is 2.15. The smallest absolute Gasteiger partial charge is 0.255 e. The van der Waals surface area contributed by atoms with Gasteiger partial charge in [-0.25, -0.2) is 8.78 Å². The van der Waals surface area contributed by atoms with Crippen molar-refractivity contribution >= 4 is 21.8 Å². The summed E-state index contributed by atoms with van der Waals surface area (Å²) in [7, 11) is 1.65. The van der Waals surface area contributed by atoms with Crippen LogP contribution in [0.15, 0.2) is 16.6 Å². The number of benzene rings is 1. The first-order valence-electron chi connectivity index (χ1n) is 5.99. The average Bonchev–Trinajstić information content (AvgIpc) is 2.42. The second-order valence-corrected chi connectivity index (χ2v) is 5.33. The molecule has 1 aliphatic heterocycles. The summed E-state index contributed by atoms with van der Waals surface area (Å²) in [6, 6.07) is 1.91. The van der Waals surface area contributed by atoms with Crippen LogP contribution < -0.4 is 0 Å². The third-order valence-corrected chi connectivity index (χ3v) is 3.96. The van der Waals surface area contributed by atoms with Crippen molar-refractivity contribution in [2.24, 2.45) is 0 Å². The highest BCUT2D eigenvalue weighted by Gasteiger charge is 2.25. The largest absolute Gasteiger partial charge is 0.381 e. The van der Waals surface area contributed by atoms with Crippen molar-refractivity contribution in [1.82, 2.24) is 4.90 Å². The molecule has 2 rings (SSSR count). The lowest BCUT2D eigenvalue weighted by Crippen LogP contribution is -2.40. The van der Waals surface area contributed by atoms with Crippen LogP contribution in [0.4, 0.5) is 8.78 Å². The zero-order valence-corrected chi connectivity index (χ0v) is 12.0. The summed E-state index contributed by atoms with van der Waals surface area (Å²) < 4.78 is 31.7. The lowest BCUT2D eigenvalue weighted by molar-refractivity contribution is 0.0350. The van der Waals surface area contributed by atoms with E-state index < -0.39 is 11.6 Å². The predicted molar refractivity (Wildman–Crippen MR) is 70.0 cm³/mol. The van der Waals surface area contributed by atoms with E-state index in [0.29, 0.717) is 13.1 Å². The summed E-state index contributed by atoms with van der Waals surface area (Å²) in [5, 5.41) is 0. The van der Waals surface area contributed by atoms with E-state index in [9.17, 15) is 13.6 Å². The molecule has 1 aromatic rings. The van der Waals surface area contributed by atoms with E-state index in [-0.39, 0.29) is 22.0 Å². The molecule has 0 radical (unpaired) electrons. The van der Waals surface area contributed by atoms with E-state index in [4.69, 9.17) is 4.74 Å². The van der Waals surface area contributed by atoms with Crippen LogP contribution in [0.2, 0.25) is 0 Å². The summed E-state index contributed by atoms with van der Waals surface area (Å²) in [4.78, 5) is 13.9. The molecule has 0 spiro atoms. The minimum atomic E-state index is -1.02. The van der Waals surface area contributed by atoms with Gasteiger partial charge in [-0.3, -0.25) is 4.79 Å². The number of likely N-dealkylation sites (tertiary alicyclic amines) is 1. The number of rotatable bonds is 2. The molecule has 104 valence electrons. The molecular formula is C13H14BrF2NO2. The quantitative estimate of drug-likeness (QED) is 0.779. The Hall–Kier alpha value is -1.01. The van der Waals surface area contributed by atoms with Crippen LogP contribution in [0.1, 0.15) is 23.2 Å². The lowest BCUT2D eigenvalue weighted by atomic mass is 10.1. The number of halogens is 3. The second kappa shape index (κ2) is 5.96. The Morgan fingerprint density at radius 1 is 1.32 bits per heavy atom. The van der Waals surface area contributed by atoms with Crippen molar-refractivity contribution in [1.29, 1.82) is 0 Å². The highest BCUT2D eigenvalue weighted by molar-refractivity contribution is 9.10. The number of ether oxygens (including phenoxy) is 1. The summed E-state index contributed by atoms with van der Waals surface area (Å²) in [6.07, 6.45) is 1.67. The molecule has 1 heterocycles. The van der Waals surface area contributed by atoms with Crippen LogP contribution >= 0.6 is 15.9 Å². The number of piperidine rings is 1. The standard InChI is InChI=1S/C13H14BrF2NO2/c1-19-8-2-4-17(5-3-8)13(18)9-6-11(15)12(16)7-10(9)14/h6-8H,2-5H2,1H3. The van der Waals surface area contributed by atoms with Crippen molar-refractivity contribution in [2.45, 2.75) is 18.9 Å². The highest BCUT2D eigenvalue weighted by atomic mass is 79.9. The minimum Gasteiger partial charge on any atom is -0.381 e. The third kappa shape index (κ3) is 3.12. The zero-order chi connectivity index (χ0) is 14.0. The first kappa shape index (κ1) is 14.4. The molecule has 1 fully saturated rings. The van der Waals surface area contributed by atoms with Crippen LogP contribution in [-0.2, 0) is 4.74 Å².